The molecule has 6 nitrogen and oxygen atoms in total. The molecule has 1 aliphatic rings. The molecule has 1 aromatic carbocycles. The van der Waals surface area contributed by atoms with Crippen LogP contribution >= 0.6 is 15.9 Å². The zero-order valence-corrected chi connectivity index (χ0v) is 12.8. The molecule has 7 heteroatoms. The highest BCUT2D eigenvalue weighted by Gasteiger charge is 2.21. The van der Waals surface area contributed by atoms with Crippen LogP contribution in [0.3, 0.4) is 0 Å². The van der Waals surface area contributed by atoms with Gasteiger partial charge in [-0.1, -0.05) is 15.9 Å². The molecule has 1 aliphatic heterocycles. The van der Waals surface area contributed by atoms with Gasteiger partial charge in [-0.2, -0.15) is 0 Å². The Kier molecular flexibility index (Phi) is 4.98. The van der Waals surface area contributed by atoms with Gasteiger partial charge in [-0.3, -0.25) is 4.79 Å². The predicted molar refractivity (Wildman–Crippen MR) is 79.1 cm³/mol. The van der Waals surface area contributed by atoms with Crippen LogP contribution in [0, 0.1) is 0 Å². The molecule has 2 rings (SSSR count). The summed E-state index contributed by atoms with van der Waals surface area (Å²) in [5.41, 5.74) is 1.23. The Morgan fingerprint density at radius 3 is 2.95 bits per heavy atom. The number of carbonyl (C=O) groups excluding carboxylic acids is 1. The van der Waals surface area contributed by atoms with E-state index in [0.717, 1.165) is 10.0 Å². The molecular formula is C14H14BrNO5. The van der Waals surface area contributed by atoms with E-state index < -0.39 is 12.1 Å². The molecule has 0 radical (unpaired) electrons. The van der Waals surface area contributed by atoms with Gasteiger partial charge in [0.15, 0.2) is 6.10 Å². The first-order valence-electron chi connectivity index (χ1n) is 6.18. The average Bonchev–Trinajstić information content (AvgIpc) is 2.46. The van der Waals surface area contributed by atoms with Crippen LogP contribution in [0.2, 0.25) is 0 Å². The van der Waals surface area contributed by atoms with E-state index >= 15 is 0 Å². The second-order valence-corrected chi connectivity index (χ2v) is 5.33. The van der Waals surface area contributed by atoms with E-state index in [2.05, 4.69) is 21.2 Å². The van der Waals surface area contributed by atoms with Crippen LogP contribution in [0.1, 0.15) is 5.56 Å². The van der Waals surface area contributed by atoms with Gasteiger partial charge < -0.3 is 19.9 Å². The number of aliphatic carboxylic acids is 1. The summed E-state index contributed by atoms with van der Waals surface area (Å²) in [5, 5.41) is 11.4. The third kappa shape index (κ3) is 3.83. The Morgan fingerprint density at radius 2 is 2.29 bits per heavy atom. The number of nitrogens with one attached hydrogen (secondary N) is 1. The number of carboxylic acid groups (broad SMARTS) is 1. The molecule has 112 valence electrons. The Balaban J connectivity index is 2.05. The molecule has 1 unspecified atom stereocenters. The lowest BCUT2D eigenvalue weighted by molar-refractivity contribution is -0.148. The number of hydrogen-bond donors (Lipinski definition) is 2. The molecule has 0 bridgehead atoms. The topological polar surface area (TPSA) is 84.9 Å². The highest BCUT2D eigenvalue weighted by molar-refractivity contribution is 9.10. The van der Waals surface area contributed by atoms with Crippen LogP contribution < -0.4 is 10.1 Å². The molecule has 1 heterocycles. The quantitative estimate of drug-likeness (QED) is 0.834. The molecule has 0 aromatic heterocycles. The van der Waals surface area contributed by atoms with Crippen LogP contribution in [0.25, 0.3) is 6.08 Å². The molecule has 0 saturated heterocycles. The zero-order chi connectivity index (χ0) is 15.4. The van der Waals surface area contributed by atoms with Crippen molar-refractivity contribution in [3.63, 3.8) is 0 Å². The number of halogens is 1. The van der Waals surface area contributed by atoms with E-state index in [1.54, 1.807) is 6.08 Å². The molecule has 2 N–H and O–H groups in total. The minimum Gasteiger partial charge on any atom is -0.488 e. The number of hydrogen-bond acceptors (Lipinski definition) is 4. The Hall–Kier alpha value is -1.86. The van der Waals surface area contributed by atoms with Gasteiger partial charge in [0, 0.05) is 17.1 Å². The summed E-state index contributed by atoms with van der Waals surface area (Å²) >= 11 is 3.36. The van der Waals surface area contributed by atoms with E-state index in [0.29, 0.717) is 11.3 Å². The van der Waals surface area contributed by atoms with Crippen LogP contribution in [-0.2, 0) is 14.3 Å². The monoisotopic (exact) mass is 355 g/mol. The maximum Gasteiger partial charge on any atom is 0.334 e. The molecule has 0 spiro atoms. The molecule has 1 aromatic rings. The first-order chi connectivity index (χ1) is 10.0. The average molecular weight is 356 g/mol. The molecule has 1 atom stereocenters. The Labute approximate surface area is 129 Å². The van der Waals surface area contributed by atoms with Crippen molar-refractivity contribution in [2.45, 2.75) is 6.10 Å². The molecule has 21 heavy (non-hydrogen) atoms. The van der Waals surface area contributed by atoms with Crippen LogP contribution in [-0.4, -0.2) is 43.3 Å². The van der Waals surface area contributed by atoms with Gasteiger partial charge in [0.05, 0.1) is 12.1 Å². The summed E-state index contributed by atoms with van der Waals surface area (Å²) in [6.45, 7) is 0.0402. The van der Waals surface area contributed by atoms with Gasteiger partial charge in [-0.25, -0.2) is 4.79 Å². The largest absolute Gasteiger partial charge is 0.488 e. The lowest BCUT2D eigenvalue weighted by Crippen LogP contribution is -2.39. The minimum absolute atomic E-state index is 0.104. The first-order valence-corrected chi connectivity index (χ1v) is 6.97. The maximum absolute atomic E-state index is 12.0. The van der Waals surface area contributed by atoms with Crippen molar-refractivity contribution < 1.29 is 24.2 Å². The summed E-state index contributed by atoms with van der Waals surface area (Å²) in [7, 11) is 1.28. The lowest BCUT2D eigenvalue weighted by Gasteiger charge is -2.18. The summed E-state index contributed by atoms with van der Waals surface area (Å²) in [6, 6.07) is 5.51. The van der Waals surface area contributed by atoms with E-state index in [9.17, 15) is 9.59 Å². The van der Waals surface area contributed by atoms with E-state index in [1.165, 1.54) is 7.11 Å². The van der Waals surface area contributed by atoms with Crippen LogP contribution in [0.15, 0.2) is 28.2 Å². The summed E-state index contributed by atoms with van der Waals surface area (Å²) in [5.74, 6) is -0.792. The normalized spacial score (nSPS) is 14.5. The fourth-order valence-electron chi connectivity index (χ4n) is 1.85. The molecule has 1 amide bonds. The maximum atomic E-state index is 12.0. The highest BCUT2D eigenvalue weighted by Crippen LogP contribution is 2.29. The Morgan fingerprint density at radius 1 is 1.52 bits per heavy atom. The summed E-state index contributed by atoms with van der Waals surface area (Å²) in [6.07, 6.45) is 0.655. The van der Waals surface area contributed by atoms with Gasteiger partial charge in [0.1, 0.15) is 12.4 Å². The van der Waals surface area contributed by atoms with Crippen LogP contribution in [0.5, 0.6) is 5.75 Å². The van der Waals surface area contributed by atoms with Crippen molar-refractivity contribution in [2.75, 3.05) is 20.3 Å². The molecule has 0 saturated carbocycles. The fraction of sp³-hybridized carbons (Fsp3) is 0.286. The van der Waals surface area contributed by atoms with Crippen LogP contribution in [0.4, 0.5) is 0 Å². The summed E-state index contributed by atoms with van der Waals surface area (Å²) in [4.78, 5) is 22.8. The second-order valence-electron chi connectivity index (χ2n) is 4.41. The van der Waals surface area contributed by atoms with Crippen molar-refractivity contribution in [3.8, 4) is 5.75 Å². The standard InChI is InChI=1S/C14H14BrNO5/c1-20-12(14(18)19)6-16-13(17)9-4-8-5-10(15)2-3-11(8)21-7-9/h2-5,12H,6-7H2,1H3,(H,16,17)(H,18,19). The highest BCUT2D eigenvalue weighted by atomic mass is 79.9. The SMILES string of the molecule is COC(CNC(=O)C1=Cc2cc(Br)ccc2OC1)C(=O)O. The van der Waals surface area contributed by atoms with E-state index in [4.69, 9.17) is 14.6 Å². The van der Waals surface area contributed by atoms with Crippen molar-refractivity contribution in [1.82, 2.24) is 5.32 Å². The van der Waals surface area contributed by atoms with Gasteiger partial charge >= 0.3 is 5.97 Å². The van der Waals surface area contributed by atoms with Gasteiger partial charge in [-0.15, -0.1) is 0 Å². The second kappa shape index (κ2) is 6.73. The minimum atomic E-state index is -1.12. The number of rotatable bonds is 5. The van der Waals surface area contributed by atoms with E-state index in [-0.39, 0.29) is 19.1 Å². The number of amides is 1. The van der Waals surface area contributed by atoms with Gasteiger partial charge in [-0.05, 0) is 24.3 Å². The van der Waals surface area contributed by atoms with Crippen molar-refractivity contribution in [3.05, 3.63) is 33.8 Å². The number of methoxy groups -OCH3 is 1. The van der Waals surface area contributed by atoms with Crippen molar-refractivity contribution >= 4 is 33.9 Å². The first kappa shape index (κ1) is 15.5. The van der Waals surface area contributed by atoms with Crippen molar-refractivity contribution in [1.29, 1.82) is 0 Å². The third-order valence-electron chi connectivity index (χ3n) is 2.98. The number of benzene rings is 1. The zero-order valence-electron chi connectivity index (χ0n) is 11.3. The number of ether oxygens (including phenoxy) is 2. The van der Waals surface area contributed by atoms with Gasteiger partial charge in [0.2, 0.25) is 0 Å². The number of carboxylic acids is 1. The number of fused-ring (bicyclic) bond motifs is 1. The smallest absolute Gasteiger partial charge is 0.334 e. The third-order valence-corrected chi connectivity index (χ3v) is 3.48. The van der Waals surface area contributed by atoms with Gasteiger partial charge in [0.25, 0.3) is 5.91 Å². The summed E-state index contributed by atoms with van der Waals surface area (Å²) < 4.78 is 11.1. The van der Waals surface area contributed by atoms with Crippen molar-refractivity contribution in [2.24, 2.45) is 0 Å². The predicted octanol–water partition coefficient (Wildman–Crippen LogP) is 1.44. The van der Waals surface area contributed by atoms with E-state index in [1.807, 2.05) is 18.2 Å². The Bertz CT molecular complexity index is 599. The fourth-order valence-corrected chi connectivity index (χ4v) is 2.23. The molecule has 0 fully saturated rings. The lowest BCUT2D eigenvalue weighted by atomic mass is 10.1. The number of carbonyl (C=O) groups is 2. The molecule has 0 aliphatic carbocycles. The molecular weight excluding hydrogens is 342 g/mol.